The van der Waals surface area contributed by atoms with Crippen molar-refractivity contribution in [1.29, 1.82) is 0 Å². The van der Waals surface area contributed by atoms with E-state index in [9.17, 15) is 13.0 Å². The van der Waals surface area contributed by atoms with Crippen LogP contribution in [0.4, 0.5) is 11.4 Å². The van der Waals surface area contributed by atoms with E-state index < -0.39 is 10.4 Å². The van der Waals surface area contributed by atoms with Crippen LogP contribution in [0.25, 0.3) is 10.9 Å². The van der Waals surface area contributed by atoms with Gasteiger partial charge in [0.15, 0.2) is 6.20 Å². The van der Waals surface area contributed by atoms with Gasteiger partial charge in [0.05, 0.1) is 23.1 Å². The first kappa shape index (κ1) is 20.2. The molecule has 3 aromatic rings. The Morgan fingerprint density at radius 3 is 2.23 bits per heavy atom. The molecule has 0 aliphatic heterocycles. The van der Waals surface area contributed by atoms with E-state index in [2.05, 4.69) is 70.0 Å². The zero-order valence-electron chi connectivity index (χ0n) is 14.7. The predicted molar refractivity (Wildman–Crippen MR) is 103 cm³/mol. The first-order chi connectivity index (χ1) is 12.4. The average Bonchev–Trinajstić information content (AvgIpc) is 2.65. The highest BCUT2D eigenvalue weighted by atomic mass is 32.3. The van der Waals surface area contributed by atoms with Crippen molar-refractivity contribution >= 4 is 44.4 Å². The summed E-state index contributed by atoms with van der Waals surface area (Å²) in [5, 5.41) is 4.80. The van der Waals surface area contributed by atoms with Crippen molar-refractivity contribution in [2.24, 2.45) is 7.05 Å². The van der Waals surface area contributed by atoms with Crippen LogP contribution in [0.2, 0.25) is 0 Å². The number of aryl methyl sites for hydroxylation is 1. The van der Waals surface area contributed by atoms with Gasteiger partial charge in [-0.15, -0.1) is 11.8 Å². The molecule has 0 amide bonds. The smallest absolute Gasteiger partial charge is 0.217 e. The number of para-hydroxylation sites is 2. The number of fused-ring (bicyclic) bond motifs is 1. The van der Waals surface area contributed by atoms with Crippen LogP contribution >= 0.6 is 11.8 Å². The van der Waals surface area contributed by atoms with E-state index in [-0.39, 0.29) is 0 Å². The van der Waals surface area contributed by atoms with Crippen molar-refractivity contribution in [1.82, 2.24) is 0 Å². The Morgan fingerprint density at radius 1 is 1.08 bits per heavy atom. The van der Waals surface area contributed by atoms with Crippen molar-refractivity contribution in [2.45, 2.75) is 4.90 Å². The number of benzene rings is 2. The topological polar surface area (TPSA) is 82.3 Å². The van der Waals surface area contributed by atoms with E-state index in [0.29, 0.717) is 0 Å². The molecular formula is C18H20N2O4S2. The molecule has 26 heavy (non-hydrogen) atoms. The van der Waals surface area contributed by atoms with Crippen LogP contribution in [0.3, 0.4) is 0 Å². The lowest BCUT2D eigenvalue weighted by Gasteiger charge is -2.12. The summed E-state index contributed by atoms with van der Waals surface area (Å²) in [6.07, 6.45) is 4.29. The molecule has 0 saturated carbocycles. The van der Waals surface area contributed by atoms with E-state index >= 15 is 0 Å². The van der Waals surface area contributed by atoms with Gasteiger partial charge in [-0.3, -0.25) is 4.18 Å². The van der Waals surface area contributed by atoms with E-state index in [1.165, 1.54) is 21.5 Å². The number of pyridine rings is 1. The molecule has 0 saturated heterocycles. The average molecular weight is 393 g/mol. The first-order valence-electron chi connectivity index (χ1n) is 7.64. The zero-order valence-corrected chi connectivity index (χ0v) is 16.3. The Balaban J connectivity index is 0.000000352. The molecule has 0 bridgehead atoms. The Hall–Kier alpha value is -2.13. The highest BCUT2D eigenvalue weighted by Gasteiger charge is 2.15. The van der Waals surface area contributed by atoms with Crippen LogP contribution in [0.5, 0.6) is 0 Å². The molecule has 8 heteroatoms. The quantitative estimate of drug-likeness (QED) is 0.318. The van der Waals surface area contributed by atoms with Gasteiger partial charge in [-0.25, -0.2) is 8.42 Å². The molecule has 2 aromatic carbocycles. The second-order valence-electron chi connectivity index (χ2n) is 5.27. The van der Waals surface area contributed by atoms with Gasteiger partial charge in [0.25, 0.3) is 0 Å². The first-order valence-corrected chi connectivity index (χ1v) is 10.2. The monoisotopic (exact) mass is 392 g/mol. The number of thioether (sulfide) groups is 1. The Morgan fingerprint density at radius 2 is 1.65 bits per heavy atom. The third-order valence-corrected chi connectivity index (χ3v) is 4.74. The van der Waals surface area contributed by atoms with Crippen LogP contribution in [0.1, 0.15) is 0 Å². The molecular weight excluding hydrogens is 372 g/mol. The normalized spacial score (nSPS) is 10.9. The fraction of sp³-hybridized carbons (Fsp3) is 0.167. The van der Waals surface area contributed by atoms with Crippen LogP contribution in [0.15, 0.2) is 65.7 Å². The summed E-state index contributed by atoms with van der Waals surface area (Å²) in [6, 6.07) is 18.8. The summed E-state index contributed by atoms with van der Waals surface area (Å²) in [7, 11) is -1.51. The van der Waals surface area contributed by atoms with Crippen molar-refractivity contribution in [2.75, 3.05) is 18.7 Å². The molecule has 0 aliphatic rings. The summed E-state index contributed by atoms with van der Waals surface area (Å²) in [5.41, 5.74) is 3.52. The number of nitrogens with one attached hydrogen (secondary N) is 1. The van der Waals surface area contributed by atoms with E-state index in [1.807, 2.05) is 18.2 Å². The van der Waals surface area contributed by atoms with Gasteiger partial charge in [0.1, 0.15) is 7.05 Å². The third kappa shape index (κ3) is 5.43. The van der Waals surface area contributed by atoms with Crippen LogP contribution < -0.4 is 9.88 Å². The van der Waals surface area contributed by atoms with Gasteiger partial charge in [0, 0.05) is 11.8 Å². The highest BCUT2D eigenvalue weighted by Crippen LogP contribution is 2.33. The molecule has 138 valence electrons. The second-order valence-corrected chi connectivity index (χ2v) is 7.26. The summed E-state index contributed by atoms with van der Waals surface area (Å²) in [4.78, 5) is 1.25. The van der Waals surface area contributed by atoms with E-state index in [0.717, 1.165) is 12.8 Å². The molecule has 0 radical (unpaired) electrons. The van der Waals surface area contributed by atoms with Gasteiger partial charge in [-0.1, -0.05) is 30.3 Å². The summed E-state index contributed by atoms with van der Waals surface area (Å²) >= 11 is 1.76. The lowest BCUT2D eigenvalue weighted by molar-refractivity contribution is -0.646. The maximum Gasteiger partial charge on any atom is 0.217 e. The molecule has 0 aliphatic carbocycles. The predicted octanol–water partition coefficient (Wildman–Crippen LogP) is 3.22. The number of nitrogens with zero attached hydrogens (tertiary/aromatic N) is 1. The van der Waals surface area contributed by atoms with Crippen molar-refractivity contribution < 1.29 is 21.7 Å². The van der Waals surface area contributed by atoms with Crippen LogP contribution in [-0.2, 0) is 21.6 Å². The zero-order chi connectivity index (χ0) is 19.2. The van der Waals surface area contributed by atoms with Gasteiger partial charge < -0.3 is 9.87 Å². The lowest BCUT2D eigenvalue weighted by Crippen LogP contribution is -2.29. The molecule has 1 aromatic heterocycles. The van der Waals surface area contributed by atoms with Crippen molar-refractivity contribution in [3.05, 3.63) is 60.8 Å². The Kier molecular flexibility index (Phi) is 6.98. The second kappa shape index (κ2) is 9.00. The molecule has 6 nitrogen and oxygen atoms in total. The molecule has 0 atom stereocenters. The standard InChI is InChI=1S/C17H16N2S.CH4O4S/c1-19-12-16(20-2)17(14-10-6-7-11-15(14)19)18-13-8-4-3-5-9-13;1-5-6(2,3)4/h3-12H,1-2H3;1H3,(H,2,3,4). The maximum absolute atomic E-state index is 9.22. The fourth-order valence-corrected chi connectivity index (χ4v) is 3.01. The van der Waals surface area contributed by atoms with Crippen LogP contribution in [-0.4, -0.2) is 26.3 Å². The van der Waals surface area contributed by atoms with Gasteiger partial charge in [-0.2, -0.15) is 4.57 Å². The minimum Gasteiger partial charge on any atom is -0.726 e. The largest absolute Gasteiger partial charge is 0.726 e. The number of hydrogen-bond acceptors (Lipinski definition) is 6. The summed E-state index contributed by atoms with van der Waals surface area (Å²) in [5.74, 6) is 0. The Labute approximate surface area is 157 Å². The van der Waals surface area contributed by atoms with Crippen molar-refractivity contribution in [3.63, 3.8) is 0 Å². The fourth-order valence-electron chi connectivity index (χ4n) is 2.38. The van der Waals surface area contributed by atoms with Gasteiger partial charge in [0.2, 0.25) is 15.9 Å². The minimum atomic E-state index is -4.41. The lowest BCUT2D eigenvalue weighted by atomic mass is 10.1. The molecule has 0 spiro atoms. The summed E-state index contributed by atoms with van der Waals surface area (Å²) < 4.78 is 33.2. The number of anilines is 2. The number of hydrogen-bond donors (Lipinski definition) is 1. The number of rotatable bonds is 4. The SMILES string of the molecule is COS(=O)(=O)[O-].CSc1c[n+](C)c2ccccc2c1Nc1ccccc1. The summed E-state index contributed by atoms with van der Waals surface area (Å²) in [6.45, 7) is 0. The minimum absolute atomic E-state index is 0.808. The van der Waals surface area contributed by atoms with E-state index in [4.69, 9.17) is 0 Å². The highest BCUT2D eigenvalue weighted by molar-refractivity contribution is 7.98. The maximum atomic E-state index is 9.22. The third-order valence-electron chi connectivity index (χ3n) is 3.58. The number of aromatic nitrogens is 1. The molecule has 1 heterocycles. The molecule has 0 unspecified atom stereocenters. The van der Waals surface area contributed by atoms with Crippen molar-refractivity contribution in [3.8, 4) is 0 Å². The molecule has 1 N–H and O–H groups in total. The van der Waals surface area contributed by atoms with E-state index in [1.54, 1.807) is 11.8 Å². The molecule has 0 fully saturated rings. The van der Waals surface area contributed by atoms with Gasteiger partial charge >= 0.3 is 0 Å². The molecule has 3 rings (SSSR count). The van der Waals surface area contributed by atoms with Crippen LogP contribution in [0, 0.1) is 0 Å². The van der Waals surface area contributed by atoms with Gasteiger partial charge in [-0.05, 0) is 24.5 Å². The Bertz CT molecular complexity index is 977.